The van der Waals surface area contributed by atoms with Gasteiger partial charge in [0.1, 0.15) is 39.6 Å². The first-order valence-electron chi connectivity index (χ1n) is 40.7. The van der Waals surface area contributed by atoms with Crippen LogP contribution < -0.4 is 23.6 Å². The number of hydrogen-bond donors (Lipinski definition) is 7. The van der Waals surface area contributed by atoms with Crippen LogP contribution in [-0.2, 0) is 35.3 Å². The Bertz CT molecular complexity index is 6350. The van der Waals surface area contributed by atoms with Gasteiger partial charge in [-0.05, 0) is 204 Å². The molecule has 20 nitrogen and oxygen atoms in total. The number of rotatable bonds is 19. The van der Waals surface area contributed by atoms with Gasteiger partial charge in [-0.1, -0.05) is 229 Å². The van der Waals surface area contributed by atoms with E-state index < -0.39 is 13.1 Å². The van der Waals surface area contributed by atoms with Crippen LogP contribution in [0.3, 0.4) is 0 Å². The molecule has 0 saturated heterocycles. The third-order valence-electron chi connectivity index (χ3n) is 20.0. The van der Waals surface area contributed by atoms with Gasteiger partial charge >= 0.3 is 36.1 Å². The third-order valence-corrected chi connectivity index (χ3v) is 21.5. The number of allylic oxidation sites excluding steroid dienone is 2. The van der Waals surface area contributed by atoms with Crippen molar-refractivity contribution >= 4 is 103 Å². The number of H-pyrrole nitrogens is 1. The number of aliphatic carboxylic acids is 1. The molecule has 0 radical (unpaired) electrons. The molecule has 2 atom stereocenters. The Morgan fingerprint density at radius 2 is 0.953 bits per heavy atom. The molecule has 0 fully saturated rings. The number of phenols is 2. The van der Waals surface area contributed by atoms with E-state index in [0.29, 0.717) is 41.9 Å². The number of Topliss-reactive ketones (excluding diaryl/α,β-unsaturated/α-hetero) is 1. The molecule has 10 aromatic carbocycles. The number of carboxylic acid groups (broad SMARTS) is 1. The molecule has 0 aliphatic heterocycles. The molecule has 648 valence electrons. The number of benzene rings is 10. The molecule has 1 aliphatic rings. The van der Waals surface area contributed by atoms with Gasteiger partial charge in [-0.2, -0.15) is 29.9 Å². The number of carbonyl (C=O) groups excluding carboxylic acids is 1. The van der Waals surface area contributed by atoms with E-state index in [1.54, 1.807) is 97.5 Å². The number of phenolic OH excluding ortho intramolecular Hbond substituents is 2. The Labute approximate surface area is 793 Å². The molecular weight excluding hydrogens is 1750 g/mol. The SMILES string of the molecule is CSc1nccc(-c2ccccc2C)n1.CSc1nccc(Br)n1.Cc1ccccc1-c1ccnc(C#N)n1.Cc1ccccc1-c1ccnc(C(CC(=O)CC2=CCc3ccc(O)cc32)Cc2ccccc2)n1.Cc1ccccc1-c1ccnc(C(N)Cc2ccccc2)n1.Cc1ccccc1B(O)O.O=C(O)Cc1c[nH]c2ccc(O)cc12.[CH2-]c1ccccc1.[Cl-].[Mg+2]. The van der Waals surface area contributed by atoms with Gasteiger partial charge in [0, 0.05) is 89.1 Å². The van der Waals surface area contributed by atoms with E-state index in [1.165, 1.54) is 34.0 Å². The molecule has 0 spiro atoms. The van der Waals surface area contributed by atoms with E-state index in [1.807, 2.05) is 202 Å². The van der Waals surface area contributed by atoms with Crippen LogP contribution in [0.1, 0.15) is 103 Å². The number of carboxylic acids is 1. The Balaban J connectivity index is 0.000000191. The quantitative estimate of drug-likeness (QED) is 0.0130. The van der Waals surface area contributed by atoms with Crippen molar-refractivity contribution in [2.24, 2.45) is 5.73 Å². The average Bonchev–Trinajstić information content (AvgIpc) is 1.81. The number of aromatic nitrogens is 11. The van der Waals surface area contributed by atoms with Crippen LogP contribution in [0, 0.1) is 52.9 Å². The number of nitrogens with two attached hydrogens (primary N) is 1. The Kier molecular flexibility index (Phi) is 41.8. The van der Waals surface area contributed by atoms with Crippen molar-refractivity contribution in [2.75, 3.05) is 12.5 Å². The van der Waals surface area contributed by atoms with Crippen molar-refractivity contribution in [3.05, 3.63) is 413 Å². The second-order valence-corrected chi connectivity index (χ2v) is 31.6. The summed E-state index contributed by atoms with van der Waals surface area (Å²) in [5.74, 6) is 1.10. The zero-order valence-electron chi connectivity index (χ0n) is 72.6. The van der Waals surface area contributed by atoms with Gasteiger partial charge in [0.2, 0.25) is 5.82 Å². The van der Waals surface area contributed by atoms with E-state index in [9.17, 15) is 19.8 Å². The first kappa shape index (κ1) is 102. The number of nitrogens with one attached hydrogen (secondary N) is 1. The fourth-order valence-electron chi connectivity index (χ4n) is 13.5. The minimum Gasteiger partial charge on any atom is -1.00 e. The molecule has 0 saturated carbocycles. The summed E-state index contributed by atoms with van der Waals surface area (Å²) in [4.78, 5) is 70.0. The topological polar surface area (TPSA) is 330 Å². The molecule has 129 heavy (non-hydrogen) atoms. The fraction of sp³-hybridized carbons (Fsp3) is 0.146. The number of nitrogens with zero attached hydrogens (tertiary/aromatic N) is 11. The second-order valence-electron chi connectivity index (χ2n) is 29.2. The van der Waals surface area contributed by atoms with Gasteiger partial charge in [-0.3, -0.25) is 9.59 Å². The van der Waals surface area contributed by atoms with Crippen LogP contribution >= 0.6 is 39.5 Å². The number of aromatic amines is 1. The fourth-order valence-corrected chi connectivity index (χ4v) is 14.6. The Hall–Kier alpha value is -12.8. The van der Waals surface area contributed by atoms with Crippen molar-refractivity contribution in [2.45, 2.75) is 95.4 Å². The number of aromatic hydroxyl groups is 2. The summed E-state index contributed by atoms with van der Waals surface area (Å²) in [6, 6.07) is 91.4. The van der Waals surface area contributed by atoms with Crippen molar-refractivity contribution in [3.63, 3.8) is 0 Å². The van der Waals surface area contributed by atoms with Gasteiger partial charge in [-0.25, -0.2) is 49.8 Å². The zero-order chi connectivity index (χ0) is 90.4. The number of aryl methyl sites for hydroxylation is 5. The molecular formula is C103H98BBrClMgN13O7S2. The van der Waals surface area contributed by atoms with Crippen LogP contribution in [0.25, 0.3) is 61.5 Å². The van der Waals surface area contributed by atoms with Crippen molar-refractivity contribution < 1.29 is 47.4 Å². The van der Waals surface area contributed by atoms with E-state index in [-0.39, 0.29) is 76.9 Å². The molecule has 6 aromatic heterocycles. The summed E-state index contributed by atoms with van der Waals surface area (Å²) in [6.07, 6.45) is 19.3. The number of carbonyl (C=O) groups is 2. The van der Waals surface area contributed by atoms with Crippen molar-refractivity contribution in [1.82, 2.24) is 54.8 Å². The van der Waals surface area contributed by atoms with Crippen LogP contribution in [-0.4, -0.2) is 135 Å². The van der Waals surface area contributed by atoms with E-state index >= 15 is 0 Å². The summed E-state index contributed by atoms with van der Waals surface area (Å²) in [7, 11) is -1.35. The van der Waals surface area contributed by atoms with E-state index in [2.05, 4.69) is 160 Å². The van der Waals surface area contributed by atoms with Crippen LogP contribution in [0.15, 0.2) is 337 Å². The number of nitriles is 1. The van der Waals surface area contributed by atoms with Gasteiger partial charge < -0.3 is 48.5 Å². The number of thioether (sulfide) groups is 2. The van der Waals surface area contributed by atoms with Crippen LogP contribution in [0.2, 0.25) is 0 Å². The predicted octanol–water partition coefficient (Wildman–Crippen LogP) is 17.3. The molecule has 0 bridgehead atoms. The van der Waals surface area contributed by atoms with Crippen molar-refractivity contribution in [3.8, 4) is 62.6 Å². The molecule has 16 aromatic rings. The average molecular weight is 1840 g/mol. The Morgan fingerprint density at radius 3 is 1.43 bits per heavy atom. The van der Waals surface area contributed by atoms with Crippen molar-refractivity contribution in [1.29, 1.82) is 5.26 Å². The largest absolute Gasteiger partial charge is 2.00 e. The Morgan fingerprint density at radius 1 is 0.512 bits per heavy atom. The maximum Gasteiger partial charge on any atom is 2.00 e. The molecule has 8 N–H and O–H groups in total. The standard InChI is InChI=1S/C31H28N2O2.C19H19N3.C12H9N3.C12H12N2S.C10H9NO3.C7H9BO2.C7H7.C5H5BrN2S.ClH.Mg/c1-21-7-5-6-10-28(21)30-15-16-32-31(33-30)25(17-22-8-3-2-4-9-22)19-27(35)18-24-12-11-23-13-14-26(34)20-29(23)24;1-14-7-5-6-10-16(14)18-11-12-21-19(22-18)17(20)13-15-8-3-2-4-9-15;1-9-4-2-3-5-10(9)11-6-7-14-12(8-13)15-11;1-9-5-3-4-6-10(9)11-7-8-13-12(14-11)15-2;12-7-1-2-9-8(4-7)6(5-11-9)3-10(13)14;1-6-4-2-3-5-7(6)8(9)10;1-7-5-3-2-4-6-7;1-9-5-7-3-2-4(6)8-5;;/h2-10,12-16,20,25,34H,11,17-19H2,1H3;2-12,17H,13,20H2,1H3;2-7H,1H3;3-8H,1-2H3;1-2,4-5,11-12H,3H2,(H,13,14);2-5,9-10H,1H3;2-6H,1H2;2-3H,1H3;1H;/q;;;;;;-1;;;+2/p-1. The third kappa shape index (κ3) is 32.2. The summed E-state index contributed by atoms with van der Waals surface area (Å²) in [5.41, 5.74) is 28.6. The molecule has 2 unspecified atom stereocenters. The van der Waals surface area contributed by atoms with Gasteiger partial charge in [0.15, 0.2) is 10.3 Å². The van der Waals surface area contributed by atoms with Gasteiger partial charge in [-0.15, -0.1) is 12.1 Å². The monoisotopic (exact) mass is 1840 g/mol. The number of ketones is 1. The van der Waals surface area contributed by atoms with Crippen LogP contribution in [0.5, 0.6) is 11.5 Å². The minimum atomic E-state index is -1.35. The number of fused-ring (bicyclic) bond motifs is 2. The maximum atomic E-state index is 13.3. The maximum absolute atomic E-state index is 13.3. The first-order chi connectivity index (χ1) is 61.5. The molecule has 0 amide bonds. The molecule has 1 aliphatic carbocycles. The molecule has 17 rings (SSSR count). The predicted molar refractivity (Wildman–Crippen MR) is 520 cm³/mol. The molecule has 6 heterocycles. The van der Waals surface area contributed by atoms with E-state index in [4.69, 9.17) is 31.1 Å². The number of halogens is 2. The minimum absolute atomic E-state index is 0. The van der Waals surface area contributed by atoms with Crippen LogP contribution in [0.4, 0.5) is 0 Å². The summed E-state index contributed by atoms with van der Waals surface area (Å²) in [6.45, 7) is 13.8. The second kappa shape index (κ2) is 53.1. The summed E-state index contributed by atoms with van der Waals surface area (Å²) in [5, 5.41) is 56.4. The smallest absolute Gasteiger partial charge is 1.00 e. The summed E-state index contributed by atoms with van der Waals surface area (Å²) < 4.78 is 0.835. The summed E-state index contributed by atoms with van der Waals surface area (Å²) >= 11 is 6.33. The zero-order valence-corrected chi connectivity index (χ0v) is 78.0. The van der Waals surface area contributed by atoms with Gasteiger partial charge in [0.25, 0.3) is 0 Å². The molecule has 26 heteroatoms. The first-order valence-corrected chi connectivity index (χ1v) is 44.0. The van der Waals surface area contributed by atoms with E-state index in [0.717, 1.165) is 123 Å². The van der Waals surface area contributed by atoms with Gasteiger partial charge in [0.05, 0.1) is 35.2 Å². The number of hydrogen-bond acceptors (Lipinski definition) is 20. The normalized spacial score (nSPS) is 11.0.